The maximum absolute atomic E-state index is 9.21. The molecule has 0 aliphatic carbocycles. The van der Waals surface area contributed by atoms with Crippen LogP contribution in [0, 0.1) is 11.8 Å². The van der Waals surface area contributed by atoms with Gasteiger partial charge in [-0.15, -0.1) is 13.2 Å². The van der Waals surface area contributed by atoms with E-state index in [4.69, 9.17) is 9.16 Å². The third-order valence-corrected chi connectivity index (χ3v) is 9.46. The first-order chi connectivity index (χ1) is 9.67. The summed E-state index contributed by atoms with van der Waals surface area (Å²) in [5.41, 5.74) is 0. The number of allylic oxidation sites excluding steroid dienone is 1. The molecule has 0 amide bonds. The number of aliphatic hydroxyl groups excluding tert-OH is 1. The molecule has 3 nitrogen and oxygen atoms in total. The van der Waals surface area contributed by atoms with Crippen molar-refractivity contribution < 1.29 is 14.3 Å². The van der Waals surface area contributed by atoms with Crippen molar-refractivity contribution in [2.45, 2.75) is 57.5 Å². The summed E-state index contributed by atoms with van der Waals surface area (Å²) in [6.07, 6.45) is 4.84. The van der Waals surface area contributed by atoms with Crippen molar-refractivity contribution in [2.24, 2.45) is 11.8 Å². The second-order valence-electron chi connectivity index (χ2n) is 7.48. The van der Waals surface area contributed by atoms with Crippen LogP contribution in [0.15, 0.2) is 25.3 Å². The minimum absolute atomic E-state index is 0.0229. The first kappa shape index (κ1) is 18.6. The van der Waals surface area contributed by atoms with Crippen LogP contribution in [-0.2, 0) is 9.16 Å². The Bertz CT molecular complexity index is 360. The highest BCUT2D eigenvalue weighted by Gasteiger charge is 2.46. The SMILES string of the molecule is C=CC[C@@H]([C@H]1O[C@@H]1CO)[C@@H](C=C)CO[Si](C)(C)C(C)(C)C. The molecule has 4 heteroatoms. The van der Waals surface area contributed by atoms with E-state index in [-0.39, 0.29) is 29.8 Å². The van der Waals surface area contributed by atoms with E-state index in [2.05, 4.69) is 47.0 Å². The zero-order chi connectivity index (χ0) is 16.3. The molecule has 0 aromatic carbocycles. The van der Waals surface area contributed by atoms with Crippen LogP contribution in [0.4, 0.5) is 0 Å². The summed E-state index contributed by atoms with van der Waals surface area (Å²) in [5.74, 6) is 0.528. The molecular formula is C17H32O3Si. The number of hydrogen-bond donors (Lipinski definition) is 1. The van der Waals surface area contributed by atoms with Gasteiger partial charge in [0.05, 0.1) is 12.7 Å². The molecule has 0 spiro atoms. The van der Waals surface area contributed by atoms with Crippen LogP contribution in [0.5, 0.6) is 0 Å². The molecule has 1 fully saturated rings. The molecule has 0 unspecified atom stereocenters. The first-order valence-electron chi connectivity index (χ1n) is 7.81. The fourth-order valence-corrected chi connectivity index (χ4v) is 3.35. The molecule has 1 rings (SSSR count). The van der Waals surface area contributed by atoms with Crippen LogP contribution in [-0.4, -0.2) is 38.8 Å². The van der Waals surface area contributed by atoms with Crippen molar-refractivity contribution in [3.63, 3.8) is 0 Å². The molecule has 1 aliphatic heterocycles. The molecule has 21 heavy (non-hydrogen) atoms. The Morgan fingerprint density at radius 1 is 1.33 bits per heavy atom. The lowest BCUT2D eigenvalue weighted by atomic mass is 9.86. The van der Waals surface area contributed by atoms with Gasteiger partial charge in [-0.3, -0.25) is 0 Å². The van der Waals surface area contributed by atoms with Crippen molar-refractivity contribution in [1.29, 1.82) is 0 Å². The molecule has 4 atom stereocenters. The van der Waals surface area contributed by atoms with Gasteiger partial charge in [-0.2, -0.15) is 0 Å². The van der Waals surface area contributed by atoms with Crippen molar-refractivity contribution in [3.05, 3.63) is 25.3 Å². The molecule has 1 heterocycles. The van der Waals surface area contributed by atoms with Gasteiger partial charge in [0.1, 0.15) is 6.10 Å². The Morgan fingerprint density at radius 2 is 1.95 bits per heavy atom. The predicted octanol–water partition coefficient (Wildman–Crippen LogP) is 3.76. The van der Waals surface area contributed by atoms with Crippen molar-refractivity contribution >= 4 is 8.32 Å². The fraction of sp³-hybridized carbons (Fsp3) is 0.765. The normalized spacial score (nSPS) is 25.2. The first-order valence-corrected chi connectivity index (χ1v) is 10.7. The number of aliphatic hydroxyl groups is 1. The number of rotatable bonds is 9. The second-order valence-corrected chi connectivity index (χ2v) is 12.3. The average Bonchev–Trinajstić information content (AvgIpc) is 3.15. The third kappa shape index (κ3) is 4.78. The highest BCUT2D eigenvalue weighted by atomic mass is 28.4. The standard InChI is InChI=1S/C17H32O3Si/c1-8-10-14(16-15(11-18)20-16)13(9-2)12-19-21(6,7)17(3,4)5/h8-9,13-16,18H,1-2,10-12H2,3-7H3/t13-,14+,15+,16+/m0/s1. The summed E-state index contributed by atoms with van der Waals surface area (Å²) in [6, 6.07) is 0. The molecule has 0 aromatic rings. The van der Waals surface area contributed by atoms with Gasteiger partial charge in [0.2, 0.25) is 0 Å². The van der Waals surface area contributed by atoms with E-state index in [0.717, 1.165) is 6.42 Å². The zero-order valence-corrected chi connectivity index (χ0v) is 15.3. The molecule has 0 bridgehead atoms. The van der Waals surface area contributed by atoms with E-state index in [1.165, 1.54) is 0 Å². The summed E-state index contributed by atoms with van der Waals surface area (Å²) in [5, 5.41) is 9.42. The van der Waals surface area contributed by atoms with Crippen molar-refractivity contribution in [2.75, 3.05) is 13.2 Å². The minimum atomic E-state index is -1.76. The highest BCUT2D eigenvalue weighted by Crippen LogP contribution is 2.40. The van der Waals surface area contributed by atoms with Gasteiger partial charge in [0.15, 0.2) is 8.32 Å². The lowest BCUT2D eigenvalue weighted by molar-refractivity contribution is 0.185. The van der Waals surface area contributed by atoms with Crippen LogP contribution >= 0.6 is 0 Å². The molecule has 1 aliphatic rings. The second kappa shape index (κ2) is 7.23. The van der Waals surface area contributed by atoms with E-state index in [9.17, 15) is 5.11 Å². The summed E-state index contributed by atoms with van der Waals surface area (Å²) < 4.78 is 11.9. The van der Waals surface area contributed by atoms with Gasteiger partial charge >= 0.3 is 0 Å². The Balaban J connectivity index is 2.68. The third-order valence-electron chi connectivity index (χ3n) is 4.96. The van der Waals surface area contributed by atoms with E-state index in [1.54, 1.807) is 0 Å². The highest BCUT2D eigenvalue weighted by molar-refractivity contribution is 6.74. The van der Waals surface area contributed by atoms with Crippen LogP contribution in [0.1, 0.15) is 27.2 Å². The summed E-state index contributed by atoms with van der Waals surface area (Å²) in [7, 11) is -1.76. The van der Waals surface area contributed by atoms with Gasteiger partial charge in [-0.25, -0.2) is 0 Å². The molecule has 1 saturated heterocycles. The average molecular weight is 313 g/mol. The van der Waals surface area contributed by atoms with E-state index in [0.29, 0.717) is 12.5 Å². The largest absolute Gasteiger partial charge is 0.416 e. The minimum Gasteiger partial charge on any atom is -0.416 e. The van der Waals surface area contributed by atoms with Gasteiger partial charge in [0.25, 0.3) is 0 Å². The molecule has 0 radical (unpaired) electrons. The smallest absolute Gasteiger partial charge is 0.192 e. The summed E-state index contributed by atoms with van der Waals surface area (Å²) in [4.78, 5) is 0. The molecule has 0 aromatic heterocycles. The lowest BCUT2D eigenvalue weighted by Gasteiger charge is -2.37. The van der Waals surface area contributed by atoms with Crippen molar-refractivity contribution in [1.82, 2.24) is 0 Å². The van der Waals surface area contributed by atoms with Crippen LogP contribution in [0.2, 0.25) is 18.1 Å². The van der Waals surface area contributed by atoms with E-state index in [1.807, 2.05) is 12.2 Å². The van der Waals surface area contributed by atoms with Gasteiger partial charge < -0.3 is 14.3 Å². The van der Waals surface area contributed by atoms with E-state index < -0.39 is 8.32 Å². The number of hydrogen-bond acceptors (Lipinski definition) is 3. The van der Waals surface area contributed by atoms with Gasteiger partial charge in [0, 0.05) is 12.5 Å². The van der Waals surface area contributed by atoms with Gasteiger partial charge in [-0.05, 0) is 30.5 Å². The molecule has 122 valence electrons. The fourth-order valence-electron chi connectivity index (χ4n) is 2.31. The quantitative estimate of drug-likeness (QED) is 0.400. The zero-order valence-electron chi connectivity index (χ0n) is 14.3. The monoisotopic (exact) mass is 312 g/mol. The summed E-state index contributed by atoms with van der Waals surface area (Å²) >= 11 is 0. The maximum atomic E-state index is 9.21. The van der Waals surface area contributed by atoms with Crippen LogP contribution < -0.4 is 0 Å². The lowest BCUT2D eigenvalue weighted by Crippen LogP contribution is -2.42. The van der Waals surface area contributed by atoms with Crippen molar-refractivity contribution in [3.8, 4) is 0 Å². The van der Waals surface area contributed by atoms with E-state index >= 15 is 0 Å². The molecule has 1 N–H and O–H groups in total. The Kier molecular flexibility index (Phi) is 6.41. The van der Waals surface area contributed by atoms with Gasteiger partial charge in [-0.1, -0.05) is 32.9 Å². The Labute approximate surface area is 131 Å². The molecule has 0 saturated carbocycles. The number of epoxide rings is 1. The summed E-state index contributed by atoms with van der Waals surface area (Å²) in [6.45, 7) is 19.8. The maximum Gasteiger partial charge on any atom is 0.192 e. The Hall–Kier alpha value is -0.423. The topological polar surface area (TPSA) is 42.0 Å². The molecular weight excluding hydrogens is 280 g/mol. The predicted molar refractivity (Wildman–Crippen MR) is 90.9 cm³/mol. The Morgan fingerprint density at radius 3 is 2.33 bits per heavy atom. The number of ether oxygens (including phenoxy) is 1. The van der Waals surface area contributed by atoms with Crippen LogP contribution in [0.3, 0.4) is 0 Å². The van der Waals surface area contributed by atoms with Crippen LogP contribution in [0.25, 0.3) is 0 Å².